The molecular weight excluding hydrogens is 348 g/mol. The van der Waals surface area contributed by atoms with Gasteiger partial charge >= 0.3 is 0 Å². The van der Waals surface area contributed by atoms with Crippen molar-refractivity contribution < 1.29 is 4.42 Å². The summed E-state index contributed by atoms with van der Waals surface area (Å²) in [5.74, 6) is 1.97. The number of nitrogens with zero attached hydrogens (tertiary/aromatic N) is 4. The molecule has 0 N–H and O–H groups in total. The molecule has 0 aliphatic carbocycles. The van der Waals surface area contributed by atoms with Gasteiger partial charge in [-0.3, -0.25) is 4.98 Å². The average molecular weight is 368 g/mol. The van der Waals surface area contributed by atoms with Crippen molar-refractivity contribution in [3.05, 3.63) is 66.4 Å². The summed E-state index contributed by atoms with van der Waals surface area (Å²) in [7, 11) is 0. The van der Waals surface area contributed by atoms with Crippen LogP contribution in [-0.2, 0) is 6.42 Å². The molecule has 0 aliphatic heterocycles. The molecule has 5 heteroatoms. The molecule has 0 saturated carbocycles. The van der Waals surface area contributed by atoms with E-state index in [4.69, 9.17) is 4.42 Å². The first kappa shape index (κ1) is 17.9. The number of pyridine rings is 2. The lowest BCUT2D eigenvalue weighted by atomic mass is 10.0. The van der Waals surface area contributed by atoms with Gasteiger partial charge in [0.25, 0.3) is 0 Å². The van der Waals surface area contributed by atoms with Crippen molar-refractivity contribution in [2.75, 3.05) is 0 Å². The Bertz CT molecular complexity index is 1170. The lowest BCUT2D eigenvalue weighted by Crippen LogP contribution is -1.93. The zero-order valence-electron chi connectivity index (χ0n) is 15.9. The summed E-state index contributed by atoms with van der Waals surface area (Å²) in [5, 5.41) is 10.4. The normalized spacial score (nSPS) is 11.1. The summed E-state index contributed by atoms with van der Waals surface area (Å²) < 4.78 is 5.99. The second-order valence-corrected chi connectivity index (χ2v) is 7.17. The van der Waals surface area contributed by atoms with Crippen LogP contribution in [0.25, 0.3) is 33.5 Å². The lowest BCUT2D eigenvalue weighted by Gasteiger charge is -2.08. The van der Waals surface area contributed by atoms with Gasteiger partial charge in [-0.2, -0.15) is 5.26 Å². The van der Waals surface area contributed by atoms with Gasteiger partial charge < -0.3 is 4.42 Å². The minimum atomic E-state index is 0.361. The largest absolute Gasteiger partial charge is 0.441 e. The van der Waals surface area contributed by atoms with E-state index in [0.717, 1.165) is 40.8 Å². The highest BCUT2D eigenvalue weighted by molar-refractivity contribution is 5.87. The van der Waals surface area contributed by atoms with Gasteiger partial charge in [-0.25, -0.2) is 9.97 Å². The Kier molecular flexibility index (Phi) is 4.86. The standard InChI is InChI=1S/C23H20N4O/c1-15(2)5-10-22-26-14-21(28-22)19-9-8-18(13-24)27-23(19)17-7-6-16-4-3-11-25-20(16)12-17/h3-4,6-9,11-12,14-15H,5,10H2,1-2H3. The van der Waals surface area contributed by atoms with Gasteiger partial charge in [-0.15, -0.1) is 0 Å². The highest BCUT2D eigenvalue weighted by atomic mass is 16.4. The number of nitriles is 1. The van der Waals surface area contributed by atoms with Crippen molar-refractivity contribution in [2.45, 2.75) is 26.7 Å². The second-order valence-electron chi connectivity index (χ2n) is 7.17. The second kappa shape index (κ2) is 7.61. The molecule has 28 heavy (non-hydrogen) atoms. The maximum atomic E-state index is 9.31. The molecule has 5 nitrogen and oxygen atoms in total. The number of benzene rings is 1. The van der Waals surface area contributed by atoms with Gasteiger partial charge in [0.2, 0.25) is 0 Å². The maximum Gasteiger partial charge on any atom is 0.194 e. The fourth-order valence-corrected chi connectivity index (χ4v) is 3.12. The van der Waals surface area contributed by atoms with Crippen molar-refractivity contribution in [1.82, 2.24) is 15.0 Å². The van der Waals surface area contributed by atoms with E-state index < -0.39 is 0 Å². The maximum absolute atomic E-state index is 9.31. The minimum absolute atomic E-state index is 0.361. The van der Waals surface area contributed by atoms with Crippen LogP contribution in [0.15, 0.2) is 59.3 Å². The number of fused-ring (bicyclic) bond motifs is 1. The van der Waals surface area contributed by atoms with Gasteiger partial charge in [0.15, 0.2) is 11.7 Å². The van der Waals surface area contributed by atoms with E-state index in [9.17, 15) is 5.26 Å². The molecule has 3 aromatic heterocycles. The van der Waals surface area contributed by atoms with Gasteiger partial charge in [0, 0.05) is 29.1 Å². The summed E-state index contributed by atoms with van der Waals surface area (Å²) in [6.07, 6.45) is 5.33. The Labute approximate surface area is 163 Å². The van der Waals surface area contributed by atoms with Crippen LogP contribution < -0.4 is 0 Å². The molecule has 4 aromatic rings. The fourth-order valence-electron chi connectivity index (χ4n) is 3.12. The summed E-state index contributed by atoms with van der Waals surface area (Å²) in [6.45, 7) is 4.36. The highest BCUT2D eigenvalue weighted by Crippen LogP contribution is 2.33. The van der Waals surface area contributed by atoms with Gasteiger partial charge in [0.05, 0.1) is 17.4 Å². The molecule has 0 atom stereocenters. The van der Waals surface area contributed by atoms with Crippen molar-refractivity contribution >= 4 is 10.9 Å². The van der Waals surface area contributed by atoms with E-state index in [1.54, 1.807) is 18.5 Å². The average Bonchev–Trinajstić information content (AvgIpc) is 3.20. The van der Waals surface area contributed by atoms with Crippen LogP contribution in [0.2, 0.25) is 0 Å². The molecule has 0 radical (unpaired) electrons. The molecule has 0 fully saturated rings. The summed E-state index contributed by atoms with van der Waals surface area (Å²) in [5.41, 5.74) is 3.64. The number of rotatable bonds is 5. The number of oxazole rings is 1. The number of aromatic nitrogens is 3. The third-order valence-corrected chi connectivity index (χ3v) is 4.64. The first-order valence-corrected chi connectivity index (χ1v) is 9.35. The Hall–Kier alpha value is -3.52. The lowest BCUT2D eigenvalue weighted by molar-refractivity contribution is 0.470. The number of aryl methyl sites for hydroxylation is 1. The van der Waals surface area contributed by atoms with E-state index in [2.05, 4.69) is 34.9 Å². The van der Waals surface area contributed by atoms with E-state index >= 15 is 0 Å². The van der Waals surface area contributed by atoms with Crippen LogP contribution in [0, 0.1) is 17.2 Å². The van der Waals surface area contributed by atoms with Crippen molar-refractivity contribution in [2.24, 2.45) is 5.92 Å². The van der Waals surface area contributed by atoms with E-state index in [-0.39, 0.29) is 0 Å². The van der Waals surface area contributed by atoms with Crippen molar-refractivity contribution in [3.8, 4) is 28.7 Å². The topological polar surface area (TPSA) is 75.6 Å². The van der Waals surface area contributed by atoms with Crippen LogP contribution >= 0.6 is 0 Å². The fraction of sp³-hybridized carbons (Fsp3) is 0.217. The highest BCUT2D eigenvalue weighted by Gasteiger charge is 2.15. The Balaban J connectivity index is 1.79. The monoisotopic (exact) mass is 368 g/mol. The summed E-state index contributed by atoms with van der Waals surface area (Å²) in [4.78, 5) is 13.4. The zero-order valence-corrected chi connectivity index (χ0v) is 15.9. The van der Waals surface area contributed by atoms with Crippen LogP contribution in [0.1, 0.15) is 31.9 Å². The molecule has 0 saturated heterocycles. The molecule has 0 spiro atoms. The Morgan fingerprint density at radius 2 is 2.00 bits per heavy atom. The first-order valence-electron chi connectivity index (χ1n) is 9.35. The molecule has 0 amide bonds. The molecule has 0 unspecified atom stereocenters. The van der Waals surface area contributed by atoms with E-state index in [1.165, 1.54) is 0 Å². The third-order valence-electron chi connectivity index (χ3n) is 4.64. The molecule has 3 heterocycles. The van der Waals surface area contributed by atoms with Gasteiger partial charge in [-0.1, -0.05) is 32.0 Å². The van der Waals surface area contributed by atoms with Crippen LogP contribution in [0.5, 0.6) is 0 Å². The number of hydrogen-bond acceptors (Lipinski definition) is 5. The van der Waals surface area contributed by atoms with Gasteiger partial charge in [0.1, 0.15) is 11.8 Å². The quantitative estimate of drug-likeness (QED) is 0.470. The number of hydrogen-bond donors (Lipinski definition) is 0. The molecule has 1 aromatic carbocycles. The molecule has 138 valence electrons. The van der Waals surface area contributed by atoms with Crippen LogP contribution in [0.3, 0.4) is 0 Å². The van der Waals surface area contributed by atoms with Crippen molar-refractivity contribution in [1.29, 1.82) is 5.26 Å². The third kappa shape index (κ3) is 3.63. The smallest absolute Gasteiger partial charge is 0.194 e. The van der Waals surface area contributed by atoms with E-state index in [1.807, 2.05) is 36.4 Å². The summed E-state index contributed by atoms with van der Waals surface area (Å²) >= 11 is 0. The Morgan fingerprint density at radius 3 is 2.82 bits per heavy atom. The summed E-state index contributed by atoms with van der Waals surface area (Å²) in [6, 6.07) is 15.6. The molecule has 0 bridgehead atoms. The molecule has 4 rings (SSSR count). The van der Waals surface area contributed by atoms with Crippen molar-refractivity contribution in [3.63, 3.8) is 0 Å². The van der Waals surface area contributed by atoms with Gasteiger partial charge in [-0.05, 0) is 36.6 Å². The van der Waals surface area contributed by atoms with Crippen LogP contribution in [-0.4, -0.2) is 15.0 Å². The zero-order chi connectivity index (χ0) is 19.5. The molecular formula is C23H20N4O. The first-order chi connectivity index (χ1) is 13.6. The molecule has 0 aliphatic rings. The Morgan fingerprint density at radius 1 is 1.11 bits per heavy atom. The SMILES string of the molecule is CC(C)CCc1ncc(-c2ccc(C#N)nc2-c2ccc3cccnc3c2)o1. The van der Waals surface area contributed by atoms with E-state index in [0.29, 0.717) is 23.1 Å². The predicted octanol–water partition coefficient (Wildman–Crippen LogP) is 5.41. The minimum Gasteiger partial charge on any atom is -0.441 e. The van der Waals surface area contributed by atoms with Crippen LogP contribution in [0.4, 0.5) is 0 Å². The predicted molar refractivity (Wildman–Crippen MR) is 108 cm³/mol.